The molecule has 0 atom stereocenters. The minimum atomic E-state index is -0.0163. The highest BCUT2D eigenvalue weighted by Crippen LogP contribution is 2.22. The highest BCUT2D eigenvalue weighted by Gasteiger charge is 2.20. The normalized spacial score (nSPS) is 25.4. The minimum Gasteiger partial charge on any atom is -0.349 e. The molecule has 88 valence electrons. The Balaban J connectivity index is 1.88. The summed E-state index contributed by atoms with van der Waals surface area (Å²) >= 11 is 7.10. The Bertz CT molecular complexity index is 372. The fourth-order valence-electron chi connectivity index (χ4n) is 1.96. The van der Waals surface area contributed by atoms with Crippen LogP contribution in [0.4, 0.5) is 0 Å². The molecule has 0 aliphatic heterocycles. The van der Waals surface area contributed by atoms with Crippen LogP contribution in [0.15, 0.2) is 12.1 Å². The summed E-state index contributed by atoms with van der Waals surface area (Å²) in [6.07, 6.45) is 3.95. The number of amides is 1. The Labute approximate surface area is 104 Å². The second-order valence-corrected chi connectivity index (χ2v) is 5.90. The highest BCUT2D eigenvalue weighted by molar-refractivity contribution is 7.17. The van der Waals surface area contributed by atoms with Gasteiger partial charge in [-0.05, 0) is 37.8 Å². The molecule has 1 amide bonds. The monoisotopic (exact) mass is 258 g/mol. The third kappa shape index (κ3) is 2.97. The van der Waals surface area contributed by atoms with E-state index in [1.807, 2.05) is 0 Å². The number of rotatable bonds is 2. The van der Waals surface area contributed by atoms with Gasteiger partial charge in [-0.15, -0.1) is 11.3 Å². The number of carbonyl (C=O) groups is 1. The molecule has 0 bridgehead atoms. The Morgan fingerprint density at radius 3 is 2.62 bits per heavy atom. The van der Waals surface area contributed by atoms with E-state index >= 15 is 0 Å². The van der Waals surface area contributed by atoms with E-state index in [-0.39, 0.29) is 11.9 Å². The number of carbonyl (C=O) groups excluding carboxylic acids is 1. The van der Waals surface area contributed by atoms with E-state index in [1.54, 1.807) is 12.1 Å². The van der Waals surface area contributed by atoms with Gasteiger partial charge in [0.05, 0.1) is 9.21 Å². The Kier molecular flexibility index (Phi) is 3.84. The van der Waals surface area contributed by atoms with Crippen LogP contribution in [0.1, 0.15) is 35.4 Å². The van der Waals surface area contributed by atoms with Crippen molar-refractivity contribution in [2.24, 2.45) is 5.73 Å². The summed E-state index contributed by atoms with van der Waals surface area (Å²) in [6, 6.07) is 4.09. The molecular formula is C11H15ClN2OS. The van der Waals surface area contributed by atoms with E-state index in [2.05, 4.69) is 5.32 Å². The van der Waals surface area contributed by atoms with Gasteiger partial charge in [-0.1, -0.05) is 11.6 Å². The summed E-state index contributed by atoms with van der Waals surface area (Å²) in [5, 5.41) is 3.03. The van der Waals surface area contributed by atoms with Crippen LogP contribution in [0.5, 0.6) is 0 Å². The lowest BCUT2D eigenvalue weighted by molar-refractivity contribution is 0.0930. The molecule has 0 spiro atoms. The second-order valence-electron chi connectivity index (χ2n) is 4.19. The first-order chi connectivity index (χ1) is 7.65. The van der Waals surface area contributed by atoms with E-state index in [9.17, 15) is 4.79 Å². The van der Waals surface area contributed by atoms with E-state index in [1.165, 1.54) is 11.3 Å². The van der Waals surface area contributed by atoms with Crippen molar-refractivity contribution in [2.45, 2.75) is 37.8 Å². The first-order valence-corrected chi connectivity index (χ1v) is 6.66. The zero-order valence-electron chi connectivity index (χ0n) is 8.91. The van der Waals surface area contributed by atoms with Crippen molar-refractivity contribution in [1.82, 2.24) is 5.32 Å². The molecule has 2 rings (SSSR count). The van der Waals surface area contributed by atoms with E-state index in [0.29, 0.717) is 15.3 Å². The van der Waals surface area contributed by atoms with Gasteiger partial charge in [-0.25, -0.2) is 0 Å². The van der Waals surface area contributed by atoms with Gasteiger partial charge < -0.3 is 11.1 Å². The maximum absolute atomic E-state index is 11.8. The SMILES string of the molecule is NC1CCC(NC(=O)c2ccc(Cl)s2)CC1. The van der Waals surface area contributed by atoms with Crippen molar-refractivity contribution in [3.63, 3.8) is 0 Å². The highest BCUT2D eigenvalue weighted by atomic mass is 35.5. The van der Waals surface area contributed by atoms with Gasteiger partial charge in [0.1, 0.15) is 0 Å². The van der Waals surface area contributed by atoms with Crippen LogP contribution >= 0.6 is 22.9 Å². The molecular weight excluding hydrogens is 244 g/mol. The van der Waals surface area contributed by atoms with Crippen LogP contribution in [-0.4, -0.2) is 18.0 Å². The summed E-state index contributed by atoms with van der Waals surface area (Å²) in [4.78, 5) is 12.5. The van der Waals surface area contributed by atoms with Crippen LogP contribution in [-0.2, 0) is 0 Å². The lowest BCUT2D eigenvalue weighted by Crippen LogP contribution is -2.40. The van der Waals surface area contributed by atoms with Crippen molar-refractivity contribution in [2.75, 3.05) is 0 Å². The van der Waals surface area contributed by atoms with E-state index < -0.39 is 0 Å². The zero-order chi connectivity index (χ0) is 11.5. The third-order valence-electron chi connectivity index (χ3n) is 2.90. The van der Waals surface area contributed by atoms with E-state index in [0.717, 1.165) is 25.7 Å². The van der Waals surface area contributed by atoms with Crippen molar-refractivity contribution in [1.29, 1.82) is 0 Å². The molecule has 1 saturated carbocycles. The molecule has 0 unspecified atom stereocenters. The van der Waals surface area contributed by atoms with Crippen molar-refractivity contribution >= 4 is 28.8 Å². The predicted octanol–water partition coefficient (Wildman–Crippen LogP) is 2.40. The first kappa shape index (κ1) is 11.9. The summed E-state index contributed by atoms with van der Waals surface area (Å²) in [7, 11) is 0. The number of halogens is 1. The number of nitrogens with two attached hydrogens (primary N) is 1. The summed E-state index contributed by atoms with van der Waals surface area (Å²) < 4.78 is 0.649. The molecule has 3 N–H and O–H groups in total. The van der Waals surface area contributed by atoms with Gasteiger partial charge in [0.2, 0.25) is 0 Å². The summed E-state index contributed by atoms with van der Waals surface area (Å²) in [5.41, 5.74) is 5.81. The molecule has 1 fully saturated rings. The molecule has 1 aliphatic rings. The fraction of sp³-hybridized carbons (Fsp3) is 0.545. The molecule has 1 aliphatic carbocycles. The molecule has 5 heteroatoms. The molecule has 3 nitrogen and oxygen atoms in total. The van der Waals surface area contributed by atoms with Crippen molar-refractivity contribution in [3.8, 4) is 0 Å². The lowest BCUT2D eigenvalue weighted by atomic mass is 9.92. The number of nitrogens with one attached hydrogen (secondary N) is 1. The molecule has 16 heavy (non-hydrogen) atoms. The largest absolute Gasteiger partial charge is 0.349 e. The second kappa shape index (κ2) is 5.17. The average Bonchev–Trinajstić information content (AvgIpc) is 2.68. The van der Waals surface area contributed by atoms with Gasteiger partial charge in [0, 0.05) is 12.1 Å². The van der Waals surface area contributed by atoms with Gasteiger partial charge in [-0.2, -0.15) is 0 Å². The summed E-state index contributed by atoms with van der Waals surface area (Å²) in [5.74, 6) is -0.0163. The quantitative estimate of drug-likeness (QED) is 0.856. The van der Waals surface area contributed by atoms with Crippen molar-refractivity contribution in [3.05, 3.63) is 21.3 Å². The van der Waals surface area contributed by atoms with Gasteiger partial charge in [0.15, 0.2) is 0 Å². The number of thiophene rings is 1. The third-order valence-corrected chi connectivity index (χ3v) is 4.13. The fourth-order valence-corrected chi connectivity index (χ4v) is 2.90. The molecule has 0 radical (unpaired) electrons. The van der Waals surface area contributed by atoms with Crippen LogP contribution < -0.4 is 11.1 Å². The number of hydrogen-bond acceptors (Lipinski definition) is 3. The maximum atomic E-state index is 11.8. The van der Waals surface area contributed by atoms with Crippen molar-refractivity contribution < 1.29 is 4.79 Å². The Morgan fingerprint density at radius 2 is 2.06 bits per heavy atom. The minimum absolute atomic E-state index is 0.0163. The predicted molar refractivity (Wildman–Crippen MR) is 67.0 cm³/mol. The topological polar surface area (TPSA) is 55.1 Å². The maximum Gasteiger partial charge on any atom is 0.261 e. The van der Waals surface area contributed by atoms with Gasteiger partial charge in [-0.3, -0.25) is 4.79 Å². The van der Waals surface area contributed by atoms with Gasteiger partial charge >= 0.3 is 0 Å². The Hall–Kier alpha value is -0.580. The van der Waals surface area contributed by atoms with Crippen LogP contribution in [0.3, 0.4) is 0 Å². The molecule has 1 aromatic rings. The van der Waals surface area contributed by atoms with Gasteiger partial charge in [0.25, 0.3) is 5.91 Å². The number of hydrogen-bond donors (Lipinski definition) is 2. The van der Waals surface area contributed by atoms with Crippen LogP contribution in [0.25, 0.3) is 0 Å². The molecule has 1 aromatic heterocycles. The summed E-state index contributed by atoms with van der Waals surface area (Å²) in [6.45, 7) is 0. The smallest absolute Gasteiger partial charge is 0.261 e. The molecule has 0 saturated heterocycles. The molecule has 1 heterocycles. The Morgan fingerprint density at radius 1 is 1.38 bits per heavy atom. The standard InChI is InChI=1S/C11H15ClN2OS/c12-10-6-5-9(16-10)11(15)14-8-3-1-7(13)2-4-8/h5-8H,1-4,13H2,(H,14,15). The van der Waals surface area contributed by atoms with Crippen LogP contribution in [0.2, 0.25) is 4.34 Å². The molecule has 0 aromatic carbocycles. The first-order valence-electron chi connectivity index (χ1n) is 5.47. The zero-order valence-corrected chi connectivity index (χ0v) is 10.5. The lowest BCUT2D eigenvalue weighted by Gasteiger charge is -2.26. The van der Waals surface area contributed by atoms with Crippen LogP contribution in [0, 0.1) is 0 Å². The average molecular weight is 259 g/mol. The van der Waals surface area contributed by atoms with E-state index in [4.69, 9.17) is 17.3 Å².